The fourth-order valence-corrected chi connectivity index (χ4v) is 5.19. The van der Waals surface area contributed by atoms with E-state index in [-0.39, 0.29) is 23.0 Å². The number of rotatable bonds is 10. The second-order valence-electron chi connectivity index (χ2n) is 9.11. The molecule has 0 heterocycles. The van der Waals surface area contributed by atoms with Crippen molar-refractivity contribution in [2.45, 2.75) is 51.2 Å². The maximum Gasteiger partial charge on any atom is 0.264 e. The van der Waals surface area contributed by atoms with Crippen molar-refractivity contribution in [1.82, 2.24) is 10.2 Å². The molecule has 0 fully saturated rings. The van der Waals surface area contributed by atoms with Crippen molar-refractivity contribution >= 4 is 27.5 Å². The Morgan fingerprint density at radius 1 is 0.892 bits per heavy atom. The van der Waals surface area contributed by atoms with E-state index >= 15 is 0 Å². The minimum atomic E-state index is -4.13. The van der Waals surface area contributed by atoms with Crippen molar-refractivity contribution in [3.05, 3.63) is 95.8 Å². The van der Waals surface area contributed by atoms with Crippen LogP contribution in [0.2, 0.25) is 0 Å². The molecule has 0 saturated heterocycles. The fraction of sp³-hybridized carbons (Fsp3) is 0.286. The van der Waals surface area contributed by atoms with E-state index in [2.05, 4.69) is 5.32 Å². The third-order valence-corrected chi connectivity index (χ3v) is 7.62. The summed E-state index contributed by atoms with van der Waals surface area (Å²) in [6.07, 6.45) is 0. The first-order valence-electron chi connectivity index (χ1n) is 12.0. The molecule has 3 aromatic rings. The molecule has 37 heavy (non-hydrogen) atoms. The molecule has 0 aliphatic rings. The van der Waals surface area contributed by atoms with Crippen LogP contribution in [0.4, 0.5) is 10.1 Å². The summed E-state index contributed by atoms with van der Waals surface area (Å²) in [6.45, 7) is 6.21. The zero-order chi connectivity index (χ0) is 27.2. The quantitative estimate of drug-likeness (QED) is 0.428. The molecule has 3 aromatic carbocycles. The van der Waals surface area contributed by atoms with E-state index in [1.807, 2.05) is 6.92 Å². The normalized spacial score (nSPS) is 12.2. The number of carbonyl (C=O) groups is 2. The molecule has 0 aliphatic heterocycles. The number of aryl methyl sites for hydroxylation is 1. The summed E-state index contributed by atoms with van der Waals surface area (Å²) >= 11 is 0. The first kappa shape index (κ1) is 27.9. The van der Waals surface area contributed by atoms with E-state index in [4.69, 9.17) is 0 Å². The van der Waals surface area contributed by atoms with Gasteiger partial charge in [-0.25, -0.2) is 12.8 Å². The van der Waals surface area contributed by atoms with E-state index in [9.17, 15) is 22.4 Å². The van der Waals surface area contributed by atoms with Crippen LogP contribution >= 0.6 is 0 Å². The Bertz CT molecular complexity index is 1330. The van der Waals surface area contributed by atoms with Crippen molar-refractivity contribution in [2.24, 2.45) is 0 Å². The summed E-state index contributed by atoms with van der Waals surface area (Å²) in [5, 5.41) is 2.77. The highest BCUT2D eigenvalue weighted by atomic mass is 32.2. The molecule has 0 radical (unpaired) electrons. The Kier molecular flexibility index (Phi) is 9.04. The van der Waals surface area contributed by atoms with Crippen LogP contribution in [0.25, 0.3) is 0 Å². The van der Waals surface area contributed by atoms with Crippen LogP contribution in [0.15, 0.2) is 83.8 Å². The van der Waals surface area contributed by atoms with E-state index in [1.165, 1.54) is 35.2 Å². The summed E-state index contributed by atoms with van der Waals surface area (Å²) in [4.78, 5) is 27.8. The third-order valence-electron chi connectivity index (χ3n) is 5.83. The number of amides is 2. The van der Waals surface area contributed by atoms with Gasteiger partial charge in [-0.15, -0.1) is 0 Å². The molecular formula is C28H32FN3O4S. The van der Waals surface area contributed by atoms with Gasteiger partial charge in [0.15, 0.2) is 0 Å². The lowest BCUT2D eigenvalue weighted by molar-refractivity contribution is -0.139. The molecular weight excluding hydrogens is 493 g/mol. The number of anilines is 1. The van der Waals surface area contributed by atoms with Gasteiger partial charge in [0.2, 0.25) is 11.8 Å². The van der Waals surface area contributed by atoms with Crippen LogP contribution in [-0.2, 0) is 26.2 Å². The Balaban J connectivity index is 2.02. The lowest BCUT2D eigenvalue weighted by Crippen LogP contribution is -2.52. The number of carbonyl (C=O) groups excluding carboxylic acids is 2. The van der Waals surface area contributed by atoms with Gasteiger partial charge in [0.1, 0.15) is 18.4 Å². The van der Waals surface area contributed by atoms with Crippen molar-refractivity contribution in [3.8, 4) is 0 Å². The van der Waals surface area contributed by atoms with E-state index in [0.717, 1.165) is 9.87 Å². The van der Waals surface area contributed by atoms with Gasteiger partial charge >= 0.3 is 0 Å². The largest absolute Gasteiger partial charge is 0.352 e. The summed E-state index contributed by atoms with van der Waals surface area (Å²) in [7, 11) is -4.13. The molecule has 0 aromatic heterocycles. The fourth-order valence-electron chi connectivity index (χ4n) is 3.76. The van der Waals surface area contributed by atoms with Gasteiger partial charge in [-0.3, -0.25) is 13.9 Å². The number of hydrogen-bond acceptors (Lipinski definition) is 4. The molecule has 7 nitrogen and oxygen atoms in total. The molecule has 0 spiro atoms. The average molecular weight is 526 g/mol. The Hall–Kier alpha value is -3.72. The van der Waals surface area contributed by atoms with Gasteiger partial charge < -0.3 is 10.2 Å². The topological polar surface area (TPSA) is 86.8 Å². The number of benzene rings is 3. The van der Waals surface area contributed by atoms with Crippen LogP contribution < -0.4 is 9.62 Å². The maximum atomic E-state index is 14.5. The first-order valence-corrected chi connectivity index (χ1v) is 13.4. The van der Waals surface area contributed by atoms with Crippen LogP contribution in [0.1, 0.15) is 31.9 Å². The standard InChI is InChI=1S/C28H32FN3O4S/c1-20(2)30-28(34)22(4)31(18-23-10-8-9-13-26(23)29)27(33)19-32(24-16-14-21(3)15-17-24)37(35,36)25-11-6-5-7-12-25/h5-17,20,22H,18-19H2,1-4H3,(H,30,34)/t22-/m0/s1. The van der Waals surface area contributed by atoms with E-state index in [0.29, 0.717) is 5.69 Å². The average Bonchev–Trinajstić information content (AvgIpc) is 2.87. The van der Waals surface area contributed by atoms with E-state index in [1.54, 1.807) is 69.3 Å². The van der Waals surface area contributed by atoms with Crippen molar-refractivity contribution in [3.63, 3.8) is 0 Å². The summed E-state index contributed by atoms with van der Waals surface area (Å²) in [6, 6.07) is 19.4. The smallest absolute Gasteiger partial charge is 0.264 e. The van der Waals surface area contributed by atoms with E-state index < -0.39 is 40.2 Å². The van der Waals surface area contributed by atoms with Crippen LogP contribution in [-0.4, -0.2) is 43.8 Å². The van der Waals surface area contributed by atoms with Gasteiger partial charge in [0.25, 0.3) is 10.0 Å². The molecule has 0 saturated carbocycles. The van der Waals surface area contributed by atoms with Crippen molar-refractivity contribution in [1.29, 1.82) is 0 Å². The number of hydrogen-bond donors (Lipinski definition) is 1. The lowest BCUT2D eigenvalue weighted by Gasteiger charge is -2.32. The molecule has 3 rings (SSSR count). The SMILES string of the molecule is Cc1ccc(N(CC(=O)N(Cc2ccccc2F)[C@@H](C)C(=O)NC(C)C)S(=O)(=O)c2ccccc2)cc1. The predicted octanol–water partition coefficient (Wildman–Crippen LogP) is 4.27. The van der Waals surface area contributed by atoms with Crippen LogP contribution in [0, 0.1) is 12.7 Å². The summed E-state index contributed by atoms with van der Waals surface area (Å²) in [5.41, 5.74) is 1.44. The molecule has 1 N–H and O–H groups in total. The minimum absolute atomic E-state index is 0.0228. The second-order valence-corrected chi connectivity index (χ2v) is 11.0. The number of nitrogens with one attached hydrogen (secondary N) is 1. The van der Waals surface area contributed by atoms with Gasteiger partial charge in [-0.1, -0.05) is 54.1 Å². The Morgan fingerprint density at radius 3 is 2.08 bits per heavy atom. The first-order chi connectivity index (χ1) is 17.5. The van der Waals surface area contributed by atoms with Gasteiger partial charge in [0.05, 0.1) is 10.6 Å². The number of sulfonamides is 1. The van der Waals surface area contributed by atoms with Gasteiger partial charge in [-0.05, 0) is 58.0 Å². The molecule has 0 bridgehead atoms. The zero-order valence-corrected chi connectivity index (χ0v) is 22.2. The predicted molar refractivity (Wildman–Crippen MR) is 142 cm³/mol. The molecule has 1 atom stereocenters. The lowest BCUT2D eigenvalue weighted by atomic mass is 10.1. The Labute approximate surface area is 218 Å². The highest BCUT2D eigenvalue weighted by Gasteiger charge is 2.32. The molecule has 196 valence electrons. The maximum absolute atomic E-state index is 14.5. The van der Waals surface area contributed by atoms with Crippen molar-refractivity contribution < 1.29 is 22.4 Å². The minimum Gasteiger partial charge on any atom is -0.352 e. The van der Waals surface area contributed by atoms with Gasteiger partial charge in [0, 0.05) is 18.2 Å². The highest BCUT2D eigenvalue weighted by molar-refractivity contribution is 7.92. The molecule has 2 amide bonds. The monoisotopic (exact) mass is 525 g/mol. The third kappa shape index (κ3) is 6.95. The molecule has 0 aliphatic carbocycles. The van der Waals surface area contributed by atoms with Crippen molar-refractivity contribution in [2.75, 3.05) is 10.8 Å². The van der Waals surface area contributed by atoms with Crippen LogP contribution in [0.5, 0.6) is 0 Å². The number of halogens is 1. The number of nitrogens with zero attached hydrogens (tertiary/aromatic N) is 2. The second kappa shape index (κ2) is 12.0. The van der Waals surface area contributed by atoms with Crippen LogP contribution in [0.3, 0.4) is 0 Å². The molecule has 0 unspecified atom stereocenters. The summed E-state index contributed by atoms with van der Waals surface area (Å²) < 4.78 is 42.8. The zero-order valence-electron chi connectivity index (χ0n) is 21.4. The molecule has 9 heteroatoms. The Morgan fingerprint density at radius 2 is 1.49 bits per heavy atom. The summed E-state index contributed by atoms with van der Waals surface area (Å²) in [5.74, 6) is -1.59. The highest BCUT2D eigenvalue weighted by Crippen LogP contribution is 2.25. The van der Waals surface area contributed by atoms with Gasteiger partial charge in [-0.2, -0.15) is 0 Å².